The van der Waals surface area contributed by atoms with Gasteiger partial charge in [-0.15, -0.1) is 0 Å². The number of amides is 3. The van der Waals surface area contributed by atoms with E-state index < -0.39 is 11.9 Å². The number of carboxylic acid groups (broad SMARTS) is 1. The molecule has 6 nitrogen and oxygen atoms in total. The lowest BCUT2D eigenvalue weighted by Gasteiger charge is -2.23. The highest BCUT2D eigenvalue weighted by molar-refractivity contribution is 5.94. The lowest BCUT2D eigenvalue weighted by Crippen LogP contribution is -2.45. The van der Waals surface area contributed by atoms with Gasteiger partial charge in [-0.1, -0.05) is 13.8 Å². The fourth-order valence-corrected chi connectivity index (χ4v) is 2.46. The van der Waals surface area contributed by atoms with Gasteiger partial charge in [0.15, 0.2) is 0 Å². The van der Waals surface area contributed by atoms with E-state index in [0.29, 0.717) is 6.54 Å². The number of imide groups is 1. The molecular formula is C13H22N2O4. The lowest BCUT2D eigenvalue weighted by molar-refractivity contribution is -0.138. The van der Waals surface area contributed by atoms with E-state index in [1.165, 1.54) is 0 Å². The summed E-state index contributed by atoms with van der Waals surface area (Å²) in [5, 5.41) is 11.0. The van der Waals surface area contributed by atoms with Crippen molar-refractivity contribution >= 4 is 17.9 Å². The monoisotopic (exact) mass is 270 g/mol. The molecule has 1 rings (SSSR count). The first-order chi connectivity index (χ1) is 8.93. The number of nitrogens with one attached hydrogen (secondary N) is 1. The third kappa shape index (κ3) is 4.89. The van der Waals surface area contributed by atoms with Crippen molar-refractivity contribution in [3.8, 4) is 0 Å². The number of carbonyl (C=O) groups is 3. The van der Waals surface area contributed by atoms with Gasteiger partial charge in [0.25, 0.3) is 0 Å². The normalized spacial score (nSPS) is 20.1. The fraction of sp³-hybridized carbons (Fsp3) is 0.769. The number of hydrogen-bond acceptors (Lipinski definition) is 3. The van der Waals surface area contributed by atoms with E-state index in [2.05, 4.69) is 5.32 Å². The Hall–Kier alpha value is -1.59. The molecule has 6 heteroatoms. The molecule has 0 aromatic heterocycles. The number of aliphatic carboxylic acids is 1. The highest BCUT2D eigenvalue weighted by Gasteiger charge is 2.28. The predicted molar refractivity (Wildman–Crippen MR) is 69.6 cm³/mol. The van der Waals surface area contributed by atoms with Crippen LogP contribution in [0, 0.1) is 5.92 Å². The Balaban J connectivity index is 2.39. The lowest BCUT2D eigenvalue weighted by atomic mass is 10.0. The smallest absolute Gasteiger partial charge is 0.324 e. The number of rotatable bonds is 5. The molecule has 2 atom stereocenters. The third-order valence-electron chi connectivity index (χ3n) is 3.41. The van der Waals surface area contributed by atoms with Gasteiger partial charge in [-0.05, 0) is 25.2 Å². The largest absolute Gasteiger partial charge is 0.481 e. The minimum absolute atomic E-state index is 0.0582. The zero-order valence-electron chi connectivity index (χ0n) is 11.5. The van der Waals surface area contributed by atoms with E-state index in [1.54, 1.807) is 11.8 Å². The van der Waals surface area contributed by atoms with Crippen molar-refractivity contribution in [1.82, 2.24) is 10.2 Å². The maximum Gasteiger partial charge on any atom is 0.324 e. The number of carboxylic acids is 1. The van der Waals surface area contributed by atoms with Crippen molar-refractivity contribution in [2.75, 3.05) is 6.54 Å². The van der Waals surface area contributed by atoms with Gasteiger partial charge in [0.2, 0.25) is 5.91 Å². The quantitative estimate of drug-likeness (QED) is 0.794. The first-order valence-electron chi connectivity index (χ1n) is 6.76. The van der Waals surface area contributed by atoms with Crippen LogP contribution in [0.25, 0.3) is 0 Å². The second-order valence-corrected chi connectivity index (χ2v) is 5.16. The van der Waals surface area contributed by atoms with E-state index in [-0.39, 0.29) is 30.8 Å². The summed E-state index contributed by atoms with van der Waals surface area (Å²) in [7, 11) is 0. The van der Waals surface area contributed by atoms with Gasteiger partial charge in [-0.2, -0.15) is 0 Å². The average molecular weight is 270 g/mol. The van der Waals surface area contributed by atoms with Crippen LogP contribution in [-0.2, 0) is 9.59 Å². The first-order valence-corrected chi connectivity index (χ1v) is 6.76. The van der Waals surface area contributed by atoms with E-state index in [0.717, 1.165) is 19.3 Å². The Morgan fingerprint density at radius 3 is 2.63 bits per heavy atom. The summed E-state index contributed by atoms with van der Waals surface area (Å²) < 4.78 is 0. The Bertz CT molecular complexity index is 357. The van der Waals surface area contributed by atoms with Gasteiger partial charge in [0, 0.05) is 25.4 Å². The Morgan fingerprint density at radius 1 is 1.37 bits per heavy atom. The summed E-state index contributed by atoms with van der Waals surface area (Å²) in [4.78, 5) is 35.7. The second kappa shape index (κ2) is 7.11. The van der Waals surface area contributed by atoms with E-state index in [1.807, 2.05) is 6.92 Å². The van der Waals surface area contributed by atoms with Crippen LogP contribution in [0.2, 0.25) is 0 Å². The number of carbonyl (C=O) groups excluding carboxylic acids is 2. The highest BCUT2D eigenvalue weighted by Crippen LogP contribution is 2.19. The van der Waals surface area contributed by atoms with Crippen LogP contribution >= 0.6 is 0 Å². The van der Waals surface area contributed by atoms with Crippen molar-refractivity contribution in [2.45, 2.75) is 52.0 Å². The number of urea groups is 1. The number of nitrogens with zero attached hydrogens (tertiary/aromatic N) is 1. The second-order valence-electron chi connectivity index (χ2n) is 5.16. The van der Waals surface area contributed by atoms with Crippen LogP contribution in [0.1, 0.15) is 46.0 Å². The van der Waals surface area contributed by atoms with Crippen molar-refractivity contribution in [1.29, 1.82) is 0 Å². The molecule has 3 amide bonds. The Kier molecular flexibility index (Phi) is 5.79. The predicted octanol–water partition coefficient (Wildman–Crippen LogP) is 1.60. The van der Waals surface area contributed by atoms with Gasteiger partial charge < -0.3 is 10.0 Å². The summed E-state index contributed by atoms with van der Waals surface area (Å²) in [5.41, 5.74) is 0. The number of hydrogen-bond donors (Lipinski definition) is 2. The highest BCUT2D eigenvalue weighted by atomic mass is 16.4. The van der Waals surface area contributed by atoms with Gasteiger partial charge >= 0.3 is 12.0 Å². The van der Waals surface area contributed by atoms with Gasteiger partial charge in [0.05, 0.1) is 0 Å². The molecule has 0 spiro atoms. The van der Waals surface area contributed by atoms with Crippen LogP contribution in [0.5, 0.6) is 0 Å². The molecule has 1 fully saturated rings. The minimum atomic E-state index is -0.933. The van der Waals surface area contributed by atoms with Crippen LogP contribution in [0.4, 0.5) is 4.79 Å². The SMILES string of the molecule is CCC1CCCN1C(=O)NC(=O)CC(C)CC(=O)O. The van der Waals surface area contributed by atoms with E-state index in [9.17, 15) is 14.4 Å². The maximum atomic E-state index is 11.9. The Labute approximate surface area is 113 Å². The molecule has 0 aromatic carbocycles. The summed E-state index contributed by atoms with van der Waals surface area (Å²) in [6.07, 6.45) is 2.83. The average Bonchev–Trinajstić information content (AvgIpc) is 2.74. The topological polar surface area (TPSA) is 86.7 Å². The zero-order valence-corrected chi connectivity index (χ0v) is 11.5. The van der Waals surface area contributed by atoms with Crippen molar-refractivity contribution in [3.05, 3.63) is 0 Å². The summed E-state index contributed by atoms with van der Waals surface area (Å²) >= 11 is 0. The molecule has 0 aromatic rings. The van der Waals surface area contributed by atoms with Crippen LogP contribution in [0.15, 0.2) is 0 Å². The van der Waals surface area contributed by atoms with Gasteiger partial charge in [0.1, 0.15) is 0 Å². The summed E-state index contributed by atoms with van der Waals surface area (Å²) in [6, 6.07) is -0.138. The molecule has 19 heavy (non-hydrogen) atoms. The minimum Gasteiger partial charge on any atom is -0.481 e. The molecule has 1 saturated heterocycles. The maximum absolute atomic E-state index is 11.9. The van der Waals surface area contributed by atoms with Crippen molar-refractivity contribution < 1.29 is 19.5 Å². The number of likely N-dealkylation sites (tertiary alicyclic amines) is 1. The molecule has 2 N–H and O–H groups in total. The van der Waals surface area contributed by atoms with E-state index in [4.69, 9.17) is 5.11 Å². The molecule has 1 aliphatic heterocycles. The molecule has 0 aliphatic carbocycles. The molecular weight excluding hydrogens is 248 g/mol. The third-order valence-corrected chi connectivity index (χ3v) is 3.41. The van der Waals surface area contributed by atoms with Crippen LogP contribution in [0.3, 0.4) is 0 Å². The van der Waals surface area contributed by atoms with Gasteiger partial charge in [-0.25, -0.2) is 4.79 Å². The molecule has 1 heterocycles. The fourth-order valence-electron chi connectivity index (χ4n) is 2.46. The molecule has 2 unspecified atom stereocenters. The summed E-state index contributed by atoms with van der Waals surface area (Å²) in [6.45, 7) is 4.39. The van der Waals surface area contributed by atoms with Crippen LogP contribution < -0.4 is 5.32 Å². The summed E-state index contributed by atoms with van der Waals surface area (Å²) in [5.74, 6) is -1.61. The molecule has 0 saturated carbocycles. The van der Waals surface area contributed by atoms with Crippen molar-refractivity contribution in [3.63, 3.8) is 0 Å². The Morgan fingerprint density at radius 2 is 2.05 bits per heavy atom. The van der Waals surface area contributed by atoms with Gasteiger partial charge in [-0.3, -0.25) is 14.9 Å². The zero-order chi connectivity index (χ0) is 14.4. The molecule has 1 aliphatic rings. The van der Waals surface area contributed by atoms with E-state index >= 15 is 0 Å². The van der Waals surface area contributed by atoms with Crippen LogP contribution in [-0.4, -0.2) is 40.5 Å². The first kappa shape index (κ1) is 15.5. The van der Waals surface area contributed by atoms with Crippen molar-refractivity contribution in [2.24, 2.45) is 5.92 Å². The molecule has 0 radical (unpaired) electrons. The standard InChI is InChI=1S/C13H22N2O4/c1-3-10-5-4-6-15(10)13(19)14-11(16)7-9(2)8-12(17)18/h9-10H,3-8H2,1-2H3,(H,17,18)(H,14,16,19). The molecule has 108 valence electrons. The molecule has 0 bridgehead atoms.